The van der Waals surface area contributed by atoms with E-state index in [2.05, 4.69) is 22.5 Å². The molecule has 1 aliphatic carbocycles. The van der Waals surface area contributed by atoms with Crippen molar-refractivity contribution in [2.24, 2.45) is 11.6 Å². The molecule has 2 rings (SSSR count). The molecule has 0 saturated heterocycles. The lowest BCUT2D eigenvalue weighted by Crippen LogP contribution is -2.41. The fourth-order valence-electron chi connectivity index (χ4n) is 3.35. The number of nitrogens with two attached hydrogens (primary N) is 2. The van der Waals surface area contributed by atoms with E-state index >= 15 is 0 Å². The van der Waals surface area contributed by atoms with Gasteiger partial charge in [-0.3, -0.25) is 0 Å². The fourth-order valence-corrected chi connectivity index (χ4v) is 3.35. The number of nitrogens with one attached hydrogen (secondary N) is 2. The number of hydrazine groups is 1. The molecule has 1 aromatic rings. The summed E-state index contributed by atoms with van der Waals surface area (Å²) in [4.78, 5) is 16.5. The number of unbranched alkanes of at least 4 members (excludes halogenated alkanes) is 1. The Labute approximate surface area is 174 Å². The molecule has 1 heterocycles. The van der Waals surface area contributed by atoms with Crippen molar-refractivity contribution < 1.29 is 9.53 Å². The minimum Gasteiger partial charge on any atom is -0.489 e. The topological polar surface area (TPSA) is 119 Å². The van der Waals surface area contributed by atoms with E-state index in [0.29, 0.717) is 23.6 Å². The summed E-state index contributed by atoms with van der Waals surface area (Å²) in [5.74, 6) is 6.74. The smallest absolute Gasteiger partial charge is 0.315 e. The predicted molar refractivity (Wildman–Crippen MR) is 116 cm³/mol. The molecular weight excluding hydrogens is 368 g/mol. The lowest BCUT2D eigenvalue weighted by Gasteiger charge is -2.24. The molecule has 1 aliphatic rings. The Morgan fingerprint density at radius 3 is 2.62 bits per heavy atom. The normalized spacial score (nSPS) is 15.4. The van der Waals surface area contributed by atoms with Crippen LogP contribution in [0.2, 0.25) is 0 Å². The summed E-state index contributed by atoms with van der Waals surface area (Å²) in [5.41, 5.74) is 8.75. The zero-order chi connectivity index (χ0) is 21.2. The first-order chi connectivity index (χ1) is 13.9. The van der Waals surface area contributed by atoms with Gasteiger partial charge in [0.15, 0.2) is 0 Å². The van der Waals surface area contributed by atoms with Crippen LogP contribution in [-0.2, 0) is 0 Å². The molecule has 0 spiro atoms. The fraction of sp³-hybridized carbons (Fsp3) is 0.619. The summed E-state index contributed by atoms with van der Waals surface area (Å²) in [5, 5.41) is 7.01. The number of aryl methyl sites for hydroxylation is 1. The Balaban J connectivity index is 2.06. The monoisotopic (exact) mass is 404 g/mol. The molecule has 0 radical (unpaired) electrons. The average Bonchev–Trinajstić information content (AvgIpc) is 2.70. The lowest BCUT2D eigenvalue weighted by atomic mass is 9.98. The number of pyridine rings is 1. The van der Waals surface area contributed by atoms with E-state index in [1.54, 1.807) is 7.05 Å². The van der Waals surface area contributed by atoms with Crippen molar-refractivity contribution in [2.45, 2.75) is 64.9 Å². The molecule has 0 aromatic carbocycles. The maximum atomic E-state index is 11.9. The summed E-state index contributed by atoms with van der Waals surface area (Å²) in [6.45, 7) is 4.83. The van der Waals surface area contributed by atoms with Crippen molar-refractivity contribution in [2.75, 3.05) is 20.1 Å². The second-order valence-corrected chi connectivity index (χ2v) is 7.59. The van der Waals surface area contributed by atoms with Gasteiger partial charge in [0.05, 0.1) is 35.4 Å². The molecule has 0 atom stereocenters. The minimum atomic E-state index is -0.244. The second-order valence-electron chi connectivity index (χ2n) is 7.59. The average molecular weight is 405 g/mol. The molecule has 8 nitrogen and oxygen atoms in total. The number of carbonyl (C=O) groups is 1. The number of carbonyl (C=O) groups excluding carboxylic acids is 1. The Bertz CT molecular complexity index is 698. The number of likely N-dealkylation sites (N-methyl/N-ethyl adjacent to an activating group) is 1. The van der Waals surface area contributed by atoms with E-state index in [0.717, 1.165) is 37.1 Å². The number of nitrogens with zero attached hydrogens (tertiary/aromatic N) is 2. The Morgan fingerprint density at radius 1 is 1.28 bits per heavy atom. The van der Waals surface area contributed by atoms with Crippen LogP contribution in [0.3, 0.4) is 0 Å². The molecular formula is C21H36N6O2. The van der Waals surface area contributed by atoms with Crippen molar-refractivity contribution in [1.82, 2.24) is 20.6 Å². The highest BCUT2D eigenvalue weighted by atomic mass is 16.5. The van der Waals surface area contributed by atoms with Crippen LogP contribution in [0.4, 0.5) is 4.79 Å². The molecule has 1 aromatic heterocycles. The number of hydrogen-bond acceptors (Lipinski definition) is 6. The van der Waals surface area contributed by atoms with Crippen LogP contribution in [0.25, 0.3) is 5.70 Å². The molecule has 1 saturated carbocycles. The number of aromatic nitrogens is 1. The molecule has 162 valence electrons. The third-order valence-corrected chi connectivity index (χ3v) is 5.13. The summed E-state index contributed by atoms with van der Waals surface area (Å²) >= 11 is 0. The van der Waals surface area contributed by atoms with Gasteiger partial charge in [0.1, 0.15) is 5.75 Å². The quantitative estimate of drug-likeness (QED) is 0.285. The molecule has 29 heavy (non-hydrogen) atoms. The van der Waals surface area contributed by atoms with Gasteiger partial charge >= 0.3 is 6.03 Å². The minimum absolute atomic E-state index is 0.206. The van der Waals surface area contributed by atoms with Crippen molar-refractivity contribution in [3.05, 3.63) is 29.2 Å². The molecule has 6 N–H and O–H groups in total. The van der Waals surface area contributed by atoms with Crippen LogP contribution < -0.4 is 26.9 Å². The molecule has 0 bridgehead atoms. The maximum Gasteiger partial charge on any atom is 0.315 e. The summed E-state index contributed by atoms with van der Waals surface area (Å²) in [6.07, 6.45) is 8.14. The summed E-state index contributed by atoms with van der Waals surface area (Å²) in [6, 6.07) is 3.51. The van der Waals surface area contributed by atoms with E-state index in [9.17, 15) is 4.79 Å². The number of urea groups is 1. The molecule has 2 amide bonds. The summed E-state index contributed by atoms with van der Waals surface area (Å²) < 4.78 is 6.13. The Morgan fingerprint density at radius 2 is 2.00 bits per heavy atom. The van der Waals surface area contributed by atoms with Gasteiger partial charge in [-0.05, 0) is 51.2 Å². The predicted octanol–water partition coefficient (Wildman–Crippen LogP) is 2.63. The molecule has 1 fully saturated rings. The lowest BCUT2D eigenvalue weighted by molar-refractivity contribution is 0.153. The van der Waals surface area contributed by atoms with Gasteiger partial charge in [0.25, 0.3) is 0 Å². The highest BCUT2D eigenvalue weighted by Crippen LogP contribution is 2.26. The summed E-state index contributed by atoms with van der Waals surface area (Å²) in [7, 11) is 1.69. The molecule has 0 unspecified atom stereocenters. The zero-order valence-electron chi connectivity index (χ0n) is 18.0. The first kappa shape index (κ1) is 22.8. The van der Waals surface area contributed by atoms with E-state index in [1.165, 1.54) is 24.3 Å². The second kappa shape index (κ2) is 11.5. The van der Waals surface area contributed by atoms with E-state index in [4.69, 9.17) is 16.3 Å². The van der Waals surface area contributed by atoms with Crippen LogP contribution in [0, 0.1) is 6.92 Å². The number of amides is 2. The number of rotatable bonds is 9. The maximum absolute atomic E-state index is 11.9. The van der Waals surface area contributed by atoms with Crippen LogP contribution in [0.5, 0.6) is 5.75 Å². The van der Waals surface area contributed by atoms with Gasteiger partial charge in [-0.2, -0.15) is 0 Å². The number of hydrogen-bond donors (Lipinski definition) is 4. The first-order valence-corrected chi connectivity index (χ1v) is 10.6. The largest absolute Gasteiger partial charge is 0.489 e. The Hall–Kier alpha value is -2.48. The zero-order valence-corrected chi connectivity index (χ0v) is 18.0. The number of ether oxygens (including phenoxy) is 1. The van der Waals surface area contributed by atoms with Gasteiger partial charge in [-0.1, -0.05) is 19.8 Å². The first-order valence-electron chi connectivity index (χ1n) is 10.6. The third-order valence-electron chi connectivity index (χ3n) is 5.13. The third kappa shape index (κ3) is 7.12. The van der Waals surface area contributed by atoms with Crippen molar-refractivity contribution in [1.29, 1.82) is 0 Å². The van der Waals surface area contributed by atoms with E-state index in [-0.39, 0.29) is 18.7 Å². The van der Waals surface area contributed by atoms with Gasteiger partial charge < -0.3 is 26.1 Å². The standard InChI is InChI=1S/C21H36N6O2/c1-4-5-13-24-21(28)25-14-18(27(3)23)20(22)17-11-12-19(15(2)26-17)29-16-9-7-6-8-10-16/h11-12,16H,4-10,13-14,22-23H2,1-3H3,(H2,24,25,28)/b20-18-. The molecule has 0 aliphatic heterocycles. The van der Waals surface area contributed by atoms with Crippen LogP contribution in [0.1, 0.15) is 63.3 Å². The molecule has 8 heteroatoms. The van der Waals surface area contributed by atoms with Gasteiger partial charge in [0, 0.05) is 13.6 Å². The Kier molecular flexibility index (Phi) is 9.05. The van der Waals surface area contributed by atoms with Crippen LogP contribution in [0.15, 0.2) is 17.8 Å². The van der Waals surface area contributed by atoms with Crippen LogP contribution in [-0.4, -0.2) is 42.3 Å². The highest BCUT2D eigenvalue weighted by Gasteiger charge is 2.17. The highest BCUT2D eigenvalue weighted by molar-refractivity contribution is 5.74. The van der Waals surface area contributed by atoms with Crippen molar-refractivity contribution in [3.63, 3.8) is 0 Å². The van der Waals surface area contributed by atoms with E-state index < -0.39 is 0 Å². The van der Waals surface area contributed by atoms with Crippen molar-refractivity contribution >= 4 is 11.7 Å². The SMILES string of the molecule is CCCCNC(=O)NC/C(=C(/N)c1ccc(OC2CCCCC2)c(C)n1)N(C)N. The van der Waals surface area contributed by atoms with E-state index in [1.807, 2.05) is 19.1 Å². The van der Waals surface area contributed by atoms with Gasteiger partial charge in [0.2, 0.25) is 0 Å². The van der Waals surface area contributed by atoms with Crippen molar-refractivity contribution in [3.8, 4) is 5.75 Å². The van der Waals surface area contributed by atoms with Gasteiger partial charge in [-0.15, -0.1) is 0 Å². The van der Waals surface area contributed by atoms with Gasteiger partial charge in [-0.25, -0.2) is 15.6 Å². The van der Waals surface area contributed by atoms with Crippen LogP contribution >= 0.6 is 0 Å².